The van der Waals surface area contributed by atoms with E-state index >= 15 is 0 Å². The average Bonchev–Trinajstić information content (AvgIpc) is 2.16. The van der Waals surface area contributed by atoms with Crippen molar-refractivity contribution in [2.75, 3.05) is 12.4 Å². The molecule has 0 unspecified atom stereocenters. The Morgan fingerprint density at radius 3 is 2.27 bits per heavy atom. The Bertz CT molecular complexity index is 366. The highest BCUT2D eigenvalue weighted by Crippen LogP contribution is 2.44. The first-order valence-electron chi connectivity index (χ1n) is 5.21. The van der Waals surface area contributed by atoms with Crippen LogP contribution in [-0.2, 0) is 10.2 Å². The summed E-state index contributed by atoms with van der Waals surface area (Å²) in [7, 11) is 1.85. The largest absolute Gasteiger partial charge is 0.481 e. The summed E-state index contributed by atoms with van der Waals surface area (Å²) in [5.41, 5.74) is 1.34. The minimum Gasteiger partial charge on any atom is -0.481 e. The van der Waals surface area contributed by atoms with Crippen molar-refractivity contribution in [3.8, 4) is 0 Å². The predicted molar refractivity (Wildman–Crippen MR) is 59.2 cm³/mol. The van der Waals surface area contributed by atoms with Crippen molar-refractivity contribution < 1.29 is 9.90 Å². The second-order valence-corrected chi connectivity index (χ2v) is 4.07. The fraction of sp³-hybridized carbons (Fsp3) is 0.417. The van der Waals surface area contributed by atoms with E-state index in [1.807, 2.05) is 31.3 Å². The van der Waals surface area contributed by atoms with E-state index in [1.54, 1.807) is 0 Å². The molecule has 80 valence electrons. The molecule has 1 aliphatic rings. The lowest BCUT2D eigenvalue weighted by molar-refractivity contribution is -0.147. The van der Waals surface area contributed by atoms with Crippen LogP contribution in [0, 0.1) is 0 Å². The van der Waals surface area contributed by atoms with Crippen LogP contribution in [0.4, 0.5) is 5.69 Å². The third-order valence-electron chi connectivity index (χ3n) is 3.34. The molecule has 3 heteroatoms. The number of nitrogens with one attached hydrogen (secondary N) is 1. The lowest BCUT2D eigenvalue weighted by Gasteiger charge is -2.38. The number of carbonyl (C=O) groups is 1. The van der Waals surface area contributed by atoms with Crippen molar-refractivity contribution in [2.45, 2.75) is 24.7 Å². The Kier molecular flexibility index (Phi) is 2.39. The van der Waals surface area contributed by atoms with Crippen molar-refractivity contribution in [2.24, 2.45) is 0 Å². The van der Waals surface area contributed by atoms with Crippen LogP contribution in [0.2, 0.25) is 0 Å². The maximum absolute atomic E-state index is 11.2. The Hall–Kier alpha value is -1.51. The monoisotopic (exact) mass is 205 g/mol. The van der Waals surface area contributed by atoms with Crippen LogP contribution in [0.1, 0.15) is 24.8 Å². The number of anilines is 1. The predicted octanol–water partition coefficient (Wildman–Crippen LogP) is 2.23. The summed E-state index contributed by atoms with van der Waals surface area (Å²) in [6, 6.07) is 7.69. The van der Waals surface area contributed by atoms with Gasteiger partial charge in [0, 0.05) is 12.7 Å². The molecular weight excluding hydrogens is 190 g/mol. The Labute approximate surface area is 89.1 Å². The second kappa shape index (κ2) is 3.57. The molecule has 15 heavy (non-hydrogen) atoms. The lowest BCUT2D eigenvalue weighted by atomic mass is 9.64. The Balaban J connectivity index is 2.31. The first kappa shape index (κ1) is 10.0. The van der Waals surface area contributed by atoms with Gasteiger partial charge in [-0.15, -0.1) is 0 Å². The molecule has 0 saturated heterocycles. The fourth-order valence-electron chi connectivity index (χ4n) is 2.11. The van der Waals surface area contributed by atoms with Crippen molar-refractivity contribution in [3.63, 3.8) is 0 Å². The highest BCUT2D eigenvalue weighted by atomic mass is 16.4. The van der Waals surface area contributed by atoms with Crippen LogP contribution in [0.25, 0.3) is 0 Å². The van der Waals surface area contributed by atoms with Gasteiger partial charge in [-0.2, -0.15) is 0 Å². The highest BCUT2D eigenvalue weighted by Gasteiger charge is 2.45. The summed E-state index contributed by atoms with van der Waals surface area (Å²) in [5, 5.41) is 12.3. The molecule has 0 radical (unpaired) electrons. The molecule has 1 fully saturated rings. The maximum atomic E-state index is 11.2. The summed E-state index contributed by atoms with van der Waals surface area (Å²) in [4.78, 5) is 11.2. The number of carboxylic acid groups (broad SMARTS) is 1. The molecule has 0 bridgehead atoms. The van der Waals surface area contributed by atoms with Crippen molar-refractivity contribution in [1.29, 1.82) is 0 Å². The highest BCUT2D eigenvalue weighted by molar-refractivity contribution is 5.82. The van der Waals surface area contributed by atoms with Gasteiger partial charge < -0.3 is 10.4 Å². The first-order valence-corrected chi connectivity index (χ1v) is 5.21. The van der Waals surface area contributed by atoms with Crippen LogP contribution in [0.15, 0.2) is 24.3 Å². The number of rotatable bonds is 3. The Morgan fingerprint density at radius 2 is 1.93 bits per heavy atom. The van der Waals surface area contributed by atoms with Crippen LogP contribution >= 0.6 is 0 Å². The van der Waals surface area contributed by atoms with Gasteiger partial charge in [0.25, 0.3) is 0 Å². The summed E-state index contributed by atoms with van der Waals surface area (Å²) in [6.07, 6.45) is 2.54. The van der Waals surface area contributed by atoms with E-state index in [0.29, 0.717) is 0 Å². The van der Waals surface area contributed by atoms with Gasteiger partial charge in [-0.05, 0) is 30.5 Å². The fourth-order valence-corrected chi connectivity index (χ4v) is 2.11. The van der Waals surface area contributed by atoms with Gasteiger partial charge in [-0.25, -0.2) is 0 Å². The normalized spacial score (nSPS) is 17.9. The van der Waals surface area contributed by atoms with Gasteiger partial charge in [0.15, 0.2) is 0 Å². The number of hydrogen-bond donors (Lipinski definition) is 2. The standard InChI is InChI=1S/C12H15NO2/c1-13-10-5-3-9(4-6-10)12(11(14)15)7-2-8-12/h3-6,13H,2,7-8H2,1H3,(H,14,15). The summed E-state index contributed by atoms with van der Waals surface area (Å²) in [6.45, 7) is 0. The van der Waals surface area contributed by atoms with Gasteiger partial charge >= 0.3 is 5.97 Å². The molecule has 0 spiro atoms. The number of aliphatic carboxylic acids is 1. The van der Waals surface area contributed by atoms with Crippen LogP contribution in [0.3, 0.4) is 0 Å². The van der Waals surface area contributed by atoms with Gasteiger partial charge in [0.05, 0.1) is 5.41 Å². The zero-order valence-corrected chi connectivity index (χ0v) is 8.79. The zero-order chi connectivity index (χ0) is 10.9. The summed E-state index contributed by atoms with van der Waals surface area (Å²) < 4.78 is 0. The van der Waals surface area contributed by atoms with E-state index in [-0.39, 0.29) is 0 Å². The van der Waals surface area contributed by atoms with Gasteiger partial charge in [0.1, 0.15) is 0 Å². The van der Waals surface area contributed by atoms with Gasteiger partial charge in [-0.3, -0.25) is 4.79 Å². The van der Waals surface area contributed by atoms with Gasteiger partial charge in [-0.1, -0.05) is 18.6 Å². The van der Waals surface area contributed by atoms with E-state index in [4.69, 9.17) is 0 Å². The molecule has 0 aromatic heterocycles. The molecule has 2 rings (SSSR count). The number of carboxylic acids is 1. The summed E-state index contributed by atoms with van der Waals surface area (Å²) >= 11 is 0. The quantitative estimate of drug-likeness (QED) is 0.795. The van der Waals surface area contributed by atoms with E-state index in [9.17, 15) is 9.90 Å². The third-order valence-corrected chi connectivity index (χ3v) is 3.34. The number of benzene rings is 1. The molecule has 0 heterocycles. The van der Waals surface area contributed by atoms with Gasteiger partial charge in [0.2, 0.25) is 0 Å². The second-order valence-electron chi connectivity index (χ2n) is 4.07. The summed E-state index contributed by atoms with van der Waals surface area (Å²) in [5.74, 6) is -0.689. The molecule has 3 nitrogen and oxygen atoms in total. The molecule has 0 atom stereocenters. The lowest BCUT2D eigenvalue weighted by Crippen LogP contribution is -2.42. The molecule has 1 aromatic carbocycles. The molecule has 1 saturated carbocycles. The van der Waals surface area contributed by atoms with Crippen molar-refractivity contribution >= 4 is 11.7 Å². The minimum atomic E-state index is -0.689. The van der Waals surface area contributed by atoms with Crippen molar-refractivity contribution in [1.82, 2.24) is 0 Å². The van der Waals surface area contributed by atoms with E-state index in [2.05, 4.69) is 5.32 Å². The van der Waals surface area contributed by atoms with Crippen molar-refractivity contribution in [3.05, 3.63) is 29.8 Å². The smallest absolute Gasteiger partial charge is 0.314 e. The first-order chi connectivity index (χ1) is 7.19. The van der Waals surface area contributed by atoms with E-state index < -0.39 is 11.4 Å². The number of hydrogen-bond acceptors (Lipinski definition) is 2. The molecule has 0 aliphatic heterocycles. The SMILES string of the molecule is CNc1ccc(C2(C(=O)O)CCC2)cc1. The molecule has 2 N–H and O–H groups in total. The molecule has 1 aromatic rings. The third kappa shape index (κ3) is 1.48. The molecule has 1 aliphatic carbocycles. The Morgan fingerprint density at radius 1 is 1.33 bits per heavy atom. The van der Waals surface area contributed by atoms with Crippen LogP contribution < -0.4 is 5.32 Å². The van der Waals surface area contributed by atoms with E-state index in [1.165, 1.54) is 0 Å². The van der Waals surface area contributed by atoms with Crippen LogP contribution in [0.5, 0.6) is 0 Å². The maximum Gasteiger partial charge on any atom is 0.314 e. The minimum absolute atomic E-state index is 0.605. The average molecular weight is 205 g/mol. The van der Waals surface area contributed by atoms with E-state index in [0.717, 1.165) is 30.5 Å². The molecular formula is C12H15NO2. The topological polar surface area (TPSA) is 49.3 Å². The van der Waals surface area contributed by atoms with Crippen LogP contribution in [-0.4, -0.2) is 18.1 Å². The molecule has 0 amide bonds. The zero-order valence-electron chi connectivity index (χ0n) is 8.79.